The summed E-state index contributed by atoms with van der Waals surface area (Å²) in [6, 6.07) is 13.1. The lowest BCUT2D eigenvalue weighted by atomic mass is 9.97. The van der Waals surface area contributed by atoms with Crippen LogP contribution in [0.2, 0.25) is 0 Å². The van der Waals surface area contributed by atoms with Gasteiger partial charge in [-0.05, 0) is 69.0 Å². The van der Waals surface area contributed by atoms with Crippen LogP contribution in [0.4, 0.5) is 0 Å². The van der Waals surface area contributed by atoms with Crippen molar-refractivity contribution in [2.45, 2.75) is 48.8 Å². The largest absolute Gasteiger partial charge is 0.492 e. The molecule has 2 aliphatic rings. The summed E-state index contributed by atoms with van der Waals surface area (Å²) < 4.78 is 59.8. The molecule has 2 aromatic carbocycles. The summed E-state index contributed by atoms with van der Waals surface area (Å²) in [5.41, 5.74) is 0.996. The van der Waals surface area contributed by atoms with Crippen LogP contribution in [-0.4, -0.2) is 70.7 Å². The third-order valence-electron chi connectivity index (χ3n) is 6.93. The average molecular weight is 550 g/mol. The van der Waals surface area contributed by atoms with E-state index in [0.29, 0.717) is 51.3 Å². The molecular formula is C26H35N3O6S2. The SMILES string of the molecule is Cc1ccc(S(=O)(=O)N2CCC(C(=O)NCCOc3ccc(S(=O)(=O)N4CCCCC4)cc3)CC2)cc1. The number of ether oxygens (including phenoxy) is 1. The minimum absolute atomic E-state index is 0.112. The lowest BCUT2D eigenvalue weighted by molar-refractivity contribution is -0.126. The number of nitrogens with zero attached hydrogens (tertiary/aromatic N) is 2. The Bertz CT molecular complexity index is 1260. The van der Waals surface area contributed by atoms with Crippen LogP contribution in [0.25, 0.3) is 0 Å². The summed E-state index contributed by atoms with van der Waals surface area (Å²) in [6.07, 6.45) is 3.76. The molecule has 0 aliphatic carbocycles. The second-order valence-electron chi connectivity index (χ2n) is 9.57. The summed E-state index contributed by atoms with van der Waals surface area (Å²) in [5, 5.41) is 2.86. The highest BCUT2D eigenvalue weighted by Gasteiger charge is 2.32. The molecule has 9 nitrogen and oxygen atoms in total. The van der Waals surface area contributed by atoms with Gasteiger partial charge in [0.1, 0.15) is 12.4 Å². The Morgan fingerprint density at radius 2 is 1.32 bits per heavy atom. The summed E-state index contributed by atoms with van der Waals surface area (Å²) in [4.78, 5) is 13.1. The van der Waals surface area contributed by atoms with Gasteiger partial charge in [-0.15, -0.1) is 0 Å². The van der Waals surface area contributed by atoms with E-state index in [1.165, 1.54) is 8.61 Å². The highest BCUT2D eigenvalue weighted by Crippen LogP contribution is 2.25. The molecule has 0 spiro atoms. The van der Waals surface area contributed by atoms with E-state index >= 15 is 0 Å². The molecule has 1 N–H and O–H groups in total. The first-order valence-corrected chi connectivity index (χ1v) is 15.6. The quantitative estimate of drug-likeness (QED) is 0.482. The predicted octanol–water partition coefficient (Wildman–Crippen LogP) is 2.77. The van der Waals surface area contributed by atoms with Crippen LogP contribution >= 0.6 is 0 Å². The molecule has 0 bridgehead atoms. The maximum absolute atomic E-state index is 12.9. The van der Waals surface area contributed by atoms with Gasteiger partial charge in [0, 0.05) is 32.1 Å². The second kappa shape index (κ2) is 11.9. The molecule has 2 heterocycles. The van der Waals surface area contributed by atoms with Gasteiger partial charge in [0.05, 0.1) is 16.3 Å². The van der Waals surface area contributed by atoms with Crippen molar-refractivity contribution >= 4 is 26.0 Å². The molecule has 0 aromatic heterocycles. The van der Waals surface area contributed by atoms with Crippen molar-refractivity contribution in [2.24, 2.45) is 5.92 Å². The number of hydrogen-bond donors (Lipinski definition) is 1. The monoisotopic (exact) mass is 549 g/mol. The Hall–Kier alpha value is -2.47. The second-order valence-corrected chi connectivity index (χ2v) is 13.4. The molecule has 0 radical (unpaired) electrons. The Morgan fingerprint density at radius 3 is 1.89 bits per heavy atom. The topological polar surface area (TPSA) is 113 Å². The average Bonchev–Trinajstić information content (AvgIpc) is 2.92. The fraction of sp³-hybridized carbons (Fsp3) is 0.500. The Balaban J connectivity index is 1.19. The minimum Gasteiger partial charge on any atom is -0.492 e. The fourth-order valence-electron chi connectivity index (χ4n) is 4.67. The number of aryl methyl sites for hydroxylation is 1. The van der Waals surface area contributed by atoms with Crippen LogP contribution in [0.3, 0.4) is 0 Å². The molecule has 0 saturated carbocycles. The highest BCUT2D eigenvalue weighted by molar-refractivity contribution is 7.89. The van der Waals surface area contributed by atoms with Crippen LogP contribution in [0.1, 0.15) is 37.7 Å². The number of benzene rings is 2. The molecular weight excluding hydrogens is 514 g/mol. The number of rotatable bonds is 9. The molecule has 37 heavy (non-hydrogen) atoms. The van der Waals surface area contributed by atoms with Crippen molar-refractivity contribution in [2.75, 3.05) is 39.3 Å². The van der Waals surface area contributed by atoms with E-state index in [9.17, 15) is 21.6 Å². The first-order chi connectivity index (χ1) is 17.7. The maximum atomic E-state index is 12.9. The Kier molecular flexibility index (Phi) is 8.89. The standard InChI is InChI=1S/C26H35N3O6S2/c1-21-5-9-24(10-6-21)37(33,34)29-18-13-22(14-19-29)26(30)27-15-20-35-23-7-11-25(12-8-23)36(31,32)28-16-3-2-4-17-28/h5-12,22H,2-4,13-20H2,1H3,(H,27,30). The van der Waals surface area contributed by atoms with E-state index in [0.717, 1.165) is 24.8 Å². The van der Waals surface area contributed by atoms with Crippen LogP contribution in [0.5, 0.6) is 5.75 Å². The lowest BCUT2D eigenvalue weighted by Gasteiger charge is -2.30. The van der Waals surface area contributed by atoms with E-state index < -0.39 is 20.0 Å². The molecule has 2 aromatic rings. The van der Waals surface area contributed by atoms with Gasteiger partial charge in [-0.3, -0.25) is 4.79 Å². The van der Waals surface area contributed by atoms with Crippen molar-refractivity contribution in [3.05, 3.63) is 54.1 Å². The summed E-state index contributed by atoms with van der Waals surface area (Å²) in [5.74, 6) is 0.171. The molecule has 1 amide bonds. The normalized spacial score (nSPS) is 18.4. The zero-order chi connectivity index (χ0) is 26.5. The minimum atomic E-state index is -3.56. The van der Waals surface area contributed by atoms with Crippen LogP contribution in [-0.2, 0) is 24.8 Å². The number of sulfonamides is 2. The highest BCUT2D eigenvalue weighted by atomic mass is 32.2. The van der Waals surface area contributed by atoms with Gasteiger partial charge >= 0.3 is 0 Å². The van der Waals surface area contributed by atoms with E-state index in [1.807, 2.05) is 6.92 Å². The van der Waals surface area contributed by atoms with Gasteiger partial charge in [0.15, 0.2) is 0 Å². The summed E-state index contributed by atoms with van der Waals surface area (Å²) >= 11 is 0. The third-order valence-corrected chi connectivity index (χ3v) is 10.8. The van der Waals surface area contributed by atoms with E-state index in [2.05, 4.69) is 5.32 Å². The maximum Gasteiger partial charge on any atom is 0.243 e. The Morgan fingerprint density at radius 1 is 0.811 bits per heavy atom. The van der Waals surface area contributed by atoms with Crippen molar-refractivity contribution in [1.82, 2.24) is 13.9 Å². The van der Waals surface area contributed by atoms with Gasteiger partial charge in [-0.25, -0.2) is 16.8 Å². The number of carbonyl (C=O) groups excluding carboxylic acids is 1. The first-order valence-electron chi connectivity index (χ1n) is 12.8. The van der Waals surface area contributed by atoms with Crippen molar-refractivity contribution in [1.29, 1.82) is 0 Å². The van der Waals surface area contributed by atoms with Crippen molar-refractivity contribution < 1.29 is 26.4 Å². The molecule has 0 unspecified atom stereocenters. The molecule has 202 valence electrons. The zero-order valence-corrected chi connectivity index (χ0v) is 22.8. The van der Waals surface area contributed by atoms with Crippen LogP contribution in [0, 0.1) is 12.8 Å². The molecule has 0 atom stereocenters. The number of amides is 1. The van der Waals surface area contributed by atoms with Crippen LogP contribution < -0.4 is 10.1 Å². The van der Waals surface area contributed by atoms with Crippen molar-refractivity contribution in [3.8, 4) is 5.75 Å². The number of hydrogen-bond acceptors (Lipinski definition) is 6. The van der Waals surface area contributed by atoms with Gasteiger partial charge in [-0.2, -0.15) is 8.61 Å². The Labute approximate surface area is 219 Å². The molecule has 2 aliphatic heterocycles. The lowest BCUT2D eigenvalue weighted by Crippen LogP contribution is -2.43. The first kappa shape index (κ1) is 27.6. The smallest absolute Gasteiger partial charge is 0.243 e. The summed E-state index contributed by atoms with van der Waals surface area (Å²) in [7, 11) is -7.04. The van der Waals surface area contributed by atoms with E-state index in [1.54, 1.807) is 48.5 Å². The molecule has 2 fully saturated rings. The van der Waals surface area contributed by atoms with Gasteiger partial charge in [0.2, 0.25) is 26.0 Å². The van der Waals surface area contributed by atoms with Gasteiger partial charge < -0.3 is 10.1 Å². The molecule has 4 rings (SSSR count). The molecule has 2 saturated heterocycles. The van der Waals surface area contributed by atoms with Gasteiger partial charge in [0.25, 0.3) is 0 Å². The predicted molar refractivity (Wildman–Crippen MR) is 140 cm³/mol. The zero-order valence-electron chi connectivity index (χ0n) is 21.1. The summed E-state index contributed by atoms with van der Waals surface area (Å²) in [6.45, 7) is 4.17. The number of piperidine rings is 2. The van der Waals surface area contributed by atoms with E-state index in [-0.39, 0.29) is 28.2 Å². The van der Waals surface area contributed by atoms with Crippen LogP contribution in [0.15, 0.2) is 58.3 Å². The van der Waals surface area contributed by atoms with Gasteiger partial charge in [-0.1, -0.05) is 24.1 Å². The molecule has 11 heteroatoms. The number of nitrogens with one attached hydrogen (secondary N) is 1. The third kappa shape index (κ3) is 6.70. The number of carbonyl (C=O) groups is 1. The van der Waals surface area contributed by atoms with E-state index in [4.69, 9.17) is 4.74 Å². The van der Waals surface area contributed by atoms with Crippen molar-refractivity contribution in [3.63, 3.8) is 0 Å². The fourth-order valence-corrected chi connectivity index (χ4v) is 7.65.